The highest BCUT2D eigenvalue weighted by atomic mass is 32.2. The van der Waals surface area contributed by atoms with E-state index in [2.05, 4.69) is 4.98 Å². The van der Waals surface area contributed by atoms with Gasteiger partial charge in [-0.25, -0.2) is 4.98 Å². The van der Waals surface area contributed by atoms with E-state index in [4.69, 9.17) is 9.52 Å². The topological polar surface area (TPSA) is 63.3 Å². The number of oxazole rings is 1. The molecular weight excluding hydrogens is 190 g/mol. The molecule has 1 unspecified atom stereocenters. The van der Waals surface area contributed by atoms with E-state index in [0.717, 1.165) is 18.2 Å². The summed E-state index contributed by atoms with van der Waals surface area (Å²) in [5.74, 6) is -0.815. The fraction of sp³-hybridized carbons (Fsp3) is 0.500. The van der Waals surface area contributed by atoms with Crippen molar-refractivity contribution in [2.24, 2.45) is 0 Å². The summed E-state index contributed by atoms with van der Waals surface area (Å²) in [5, 5.41) is 8.78. The minimum Gasteiger partial charge on any atom is -0.480 e. The molecule has 5 heteroatoms. The van der Waals surface area contributed by atoms with Crippen molar-refractivity contribution >= 4 is 17.7 Å². The van der Waals surface area contributed by atoms with Crippen LogP contribution in [0.5, 0.6) is 0 Å². The van der Waals surface area contributed by atoms with Crippen LogP contribution in [0.2, 0.25) is 0 Å². The maximum absolute atomic E-state index is 10.7. The first-order valence-corrected chi connectivity index (χ1v) is 4.91. The van der Waals surface area contributed by atoms with E-state index in [9.17, 15) is 4.79 Å². The van der Waals surface area contributed by atoms with Crippen LogP contribution < -0.4 is 0 Å². The summed E-state index contributed by atoms with van der Waals surface area (Å²) in [4.78, 5) is 14.6. The van der Waals surface area contributed by atoms with Gasteiger partial charge in [-0.3, -0.25) is 4.79 Å². The Morgan fingerprint density at radius 3 is 3.08 bits per heavy atom. The highest BCUT2D eigenvalue weighted by molar-refractivity contribution is 8.00. The van der Waals surface area contributed by atoms with E-state index in [1.807, 2.05) is 6.92 Å². The van der Waals surface area contributed by atoms with Crippen LogP contribution in [0.3, 0.4) is 0 Å². The molecule has 72 valence electrons. The zero-order valence-electron chi connectivity index (χ0n) is 7.27. The van der Waals surface area contributed by atoms with Gasteiger partial charge in [-0.1, -0.05) is 25.1 Å². The average Bonchev–Trinajstić information content (AvgIpc) is 2.56. The summed E-state index contributed by atoms with van der Waals surface area (Å²) in [5.41, 5.74) is 0. The second kappa shape index (κ2) is 4.91. The largest absolute Gasteiger partial charge is 0.480 e. The van der Waals surface area contributed by atoms with E-state index in [0.29, 0.717) is 11.6 Å². The number of aromatic nitrogens is 1. The van der Waals surface area contributed by atoms with Gasteiger partial charge in [-0.2, -0.15) is 0 Å². The Morgan fingerprint density at radius 1 is 1.85 bits per heavy atom. The molecule has 0 spiro atoms. The van der Waals surface area contributed by atoms with Crippen molar-refractivity contribution in [1.29, 1.82) is 0 Å². The fourth-order valence-corrected chi connectivity index (χ4v) is 1.82. The number of hydrogen-bond acceptors (Lipinski definition) is 4. The number of carbonyl (C=O) groups is 1. The molecule has 0 aliphatic carbocycles. The molecule has 1 aromatic rings. The first-order chi connectivity index (χ1) is 6.24. The van der Waals surface area contributed by atoms with Gasteiger partial charge in [-0.05, 0) is 6.42 Å². The summed E-state index contributed by atoms with van der Waals surface area (Å²) in [7, 11) is 0. The third-order valence-corrected chi connectivity index (χ3v) is 2.60. The van der Waals surface area contributed by atoms with Crippen molar-refractivity contribution in [3.8, 4) is 0 Å². The van der Waals surface area contributed by atoms with Gasteiger partial charge in [0.15, 0.2) is 0 Å². The van der Waals surface area contributed by atoms with Gasteiger partial charge < -0.3 is 9.52 Å². The van der Waals surface area contributed by atoms with Crippen molar-refractivity contribution in [2.45, 2.75) is 30.2 Å². The molecule has 13 heavy (non-hydrogen) atoms. The smallest absolute Gasteiger partial charge is 0.317 e. The van der Waals surface area contributed by atoms with Gasteiger partial charge >= 0.3 is 5.97 Å². The molecule has 0 fully saturated rings. The maximum Gasteiger partial charge on any atom is 0.317 e. The first kappa shape index (κ1) is 10.1. The lowest BCUT2D eigenvalue weighted by molar-refractivity contribution is -0.136. The predicted octanol–water partition coefficient (Wildman–Crippen LogP) is 2.02. The van der Waals surface area contributed by atoms with Crippen LogP contribution in [0, 0.1) is 0 Å². The van der Waals surface area contributed by atoms with Crippen LogP contribution in [0.1, 0.15) is 19.8 Å². The van der Waals surface area contributed by atoms with Crippen molar-refractivity contribution < 1.29 is 14.3 Å². The van der Waals surface area contributed by atoms with Crippen LogP contribution >= 0.6 is 11.8 Å². The van der Waals surface area contributed by atoms with Crippen LogP contribution in [0.25, 0.3) is 0 Å². The van der Waals surface area contributed by atoms with Crippen molar-refractivity contribution in [2.75, 3.05) is 0 Å². The van der Waals surface area contributed by atoms with Gasteiger partial charge in [0.05, 0.1) is 6.20 Å². The Labute approximate surface area is 80.3 Å². The fourth-order valence-electron chi connectivity index (χ4n) is 0.885. The molecule has 0 saturated carbocycles. The standard InChI is InChI=1S/C8H11NO3S/c1-2-3-6(7(10)11)13-8-9-4-5-12-8/h4-6H,2-3H2,1H3,(H,10,11). The maximum atomic E-state index is 10.7. The van der Waals surface area contributed by atoms with E-state index in [1.54, 1.807) is 0 Å². The normalized spacial score (nSPS) is 12.7. The summed E-state index contributed by atoms with van der Waals surface area (Å²) >= 11 is 1.15. The summed E-state index contributed by atoms with van der Waals surface area (Å²) < 4.78 is 4.95. The lowest BCUT2D eigenvalue weighted by atomic mass is 10.2. The number of aliphatic carboxylic acids is 1. The molecule has 1 N–H and O–H groups in total. The minimum absolute atomic E-state index is 0.417. The predicted molar refractivity (Wildman–Crippen MR) is 48.7 cm³/mol. The Morgan fingerprint density at radius 2 is 2.62 bits per heavy atom. The van der Waals surface area contributed by atoms with E-state index < -0.39 is 11.2 Å². The molecule has 1 atom stereocenters. The molecule has 0 saturated heterocycles. The van der Waals surface area contributed by atoms with Crippen LogP contribution in [0.15, 0.2) is 22.1 Å². The third kappa shape index (κ3) is 3.10. The highest BCUT2D eigenvalue weighted by Gasteiger charge is 2.19. The molecule has 1 aromatic heterocycles. The lowest BCUT2D eigenvalue weighted by Gasteiger charge is -2.06. The monoisotopic (exact) mass is 201 g/mol. The molecule has 1 rings (SSSR count). The molecular formula is C8H11NO3S. The molecule has 0 amide bonds. The third-order valence-electron chi connectivity index (χ3n) is 1.48. The Hall–Kier alpha value is -0.970. The van der Waals surface area contributed by atoms with Crippen molar-refractivity contribution in [3.63, 3.8) is 0 Å². The average molecular weight is 201 g/mol. The number of carboxylic acid groups (broad SMARTS) is 1. The highest BCUT2D eigenvalue weighted by Crippen LogP contribution is 2.24. The summed E-state index contributed by atoms with van der Waals surface area (Å²) in [6.07, 6.45) is 4.41. The van der Waals surface area contributed by atoms with Gasteiger partial charge in [0, 0.05) is 0 Å². The molecule has 0 aliphatic heterocycles. The Balaban J connectivity index is 2.52. The van der Waals surface area contributed by atoms with Crippen molar-refractivity contribution in [1.82, 2.24) is 4.98 Å². The van der Waals surface area contributed by atoms with Gasteiger partial charge in [0.25, 0.3) is 5.22 Å². The molecule has 4 nitrogen and oxygen atoms in total. The van der Waals surface area contributed by atoms with Crippen LogP contribution in [0.4, 0.5) is 0 Å². The second-order valence-corrected chi connectivity index (χ2v) is 3.69. The second-order valence-electron chi connectivity index (χ2n) is 2.53. The van der Waals surface area contributed by atoms with E-state index >= 15 is 0 Å². The number of nitrogens with zero attached hydrogens (tertiary/aromatic N) is 1. The minimum atomic E-state index is -0.815. The number of hydrogen-bond donors (Lipinski definition) is 1. The Kier molecular flexibility index (Phi) is 3.82. The summed E-state index contributed by atoms with van der Waals surface area (Å²) in [6.45, 7) is 1.95. The van der Waals surface area contributed by atoms with Crippen LogP contribution in [-0.4, -0.2) is 21.3 Å². The van der Waals surface area contributed by atoms with Gasteiger partial charge in [0.2, 0.25) is 0 Å². The molecule has 0 radical (unpaired) electrons. The van der Waals surface area contributed by atoms with Crippen LogP contribution in [-0.2, 0) is 4.79 Å². The van der Waals surface area contributed by atoms with E-state index in [1.165, 1.54) is 12.5 Å². The zero-order valence-corrected chi connectivity index (χ0v) is 8.08. The molecule has 0 bridgehead atoms. The lowest BCUT2D eigenvalue weighted by Crippen LogP contribution is -2.15. The Bertz CT molecular complexity index is 260. The number of carboxylic acids is 1. The van der Waals surface area contributed by atoms with Gasteiger partial charge in [-0.15, -0.1) is 0 Å². The number of rotatable bonds is 5. The van der Waals surface area contributed by atoms with Gasteiger partial charge in [0.1, 0.15) is 11.5 Å². The zero-order chi connectivity index (χ0) is 9.68. The van der Waals surface area contributed by atoms with Crippen molar-refractivity contribution in [3.05, 3.63) is 12.5 Å². The quantitative estimate of drug-likeness (QED) is 0.738. The SMILES string of the molecule is CCCC(Sc1ncco1)C(=O)O. The number of thioether (sulfide) groups is 1. The summed E-state index contributed by atoms with van der Waals surface area (Å²) in [6, 6.07) is 0. The molecule has 1 heterocycles. The molecule has 0 aliphatic rings. The molecule has 0 aromatic carbocycles. The van der Waals surface area contributed by atoms with E-state index in [-0.39, 0.29) is 0 Å². The first-order valence-electron chi connectivity index (χ1n) is 4.03.